The quantitative estimate of drug-likeness (QED) is 0.742. The van der Waals surface area contributed by atoms with Crippen molar-refractivity contribution in [2.24, 2.45) is 0 Å². The van der Waals surface area contributed by atoms with Gasteiger partial charge in [-0.2, -0.15) is 13.2 Å². The summed E-state index contributed by atoms with van der Waals surface area (Å²) in [4.78, 5) is 12.8. The number of rotatable bonds is 4. The van der Waals surface area contributed by atoms with Gasteiger partial charge in [-0.1, -0.05) is 25.9 Å². The number of alkyl halides is 3. The molecule has 11 heteroatoms. The van der Waals surface area contributed by atoms with Crippen molar-refractivity contribution in [1.29, 1.82) is 0 Å². The molecular weight excluding hydrogens is 437 g/mol. The van der Waals surface area contributed by atoms with Gasteiger partial charge in [-0.05, 0) is 37.1 Å². The van der Waals surface area contributed by atoms with Gasteiger partial charge in [0.1, 0.15) is 5.76 Å². The molecule has 31 heavy (non-hydrogen) atoms. The lowest BCUT2D eigenvalue weighted by molar-refractivity contribution is -0.137. The highest BCUT2D eigenvalue weighted by molar-refractivity contribution is 7.93. The average molecular weight is 460 g/mol. The molecule has 1 fully saturated rings. The SMILES string of the molecule is CC(C)(C)c1cc(NC(=O)C2(S(=O)(=O)c3ccc(C(F)(F)F)cc3)CCOCC2)no1. The first-order chi connectivity index (χ1) is 14.3. The largest absolute Gasteiger partial charge is 0.416 e. The Bertz CT molecular complexity index is 1050. The number of carbonyl (C=O) groups is 1. The monoisotopic (exact) mass is 460 g/mol. The van der Waals surface area contributed by atoms with Crippen LogP contribution in [0.3, 0.4) is 0 Å². The van der Waals surface area contributed by atoms with Crippen LogP contribution in [0.4, 0.5) is 19.0 Å². The summed E-state index contributed by atoms with van der Waals surface area (Å²) in [6.07, 6.45) is -4.90. The molecule has 1 aromatic carbocycles. The summed E-state index contributed by atoms with van der Waals surface area (Å²) >= 11 is 0. The van der Waals surface area contributed by atoms with Crippen molar-refractivity contribution in [2.45, 2.75) is 54.8 Å². The Balaban J connectivity index is 1.96. The van der Waals surface area contributed by atoms with Crippen LogP contribution in [-0.2, 0) is 31.0 Å². The molecule has 2 aromatic rings. The number of sulfone groups is 1. The zero-order valence-electron chi connectivity index (χ0n) is 17.2. The van der Waals surface area contributed by atoms with E-state index in [9.17, 15) is 26.4 Å². The fourth-order valence-electron chi connectivity index (χ4n) is 3.29. The summed E-state index contributed by atoms with van der Waals surface area (Å²) in [6.45, 7) is 5.68. The van der Waals surface area contributed by atoms with E-state index in [-0.39, 0.29) is 42.2 Å². The van der Waals surface area contributed by atoms with E-state index in [2.05, 4.69) is 10.5 Å². The molecule has 1 aromatic heterocycles. The molecule has 1 aliphatic heterocycles. The number of aromatic nitrogens is 1. The minimum Gasteiger partial charge on any atom is -0.381 e. The van der Waals surface area contributed by atoms with Gasteiger partial charge in [-0.15, -0.1) is 0 Å². The van der Waals surface area contributed by atoms with Crippen molar-refractivity contribution < 1.29 is 35.6 Å². The number of amides is 1. The second-order valence-electron chi connectivity index (χ2n) is 8.41. The van der Waals surface area contributed by atoms with Gasteiger partial charge in [0.2, 0.25) is 5.91 Å². The van der Waals surface area contributed by atoms with Gasteiger partial charge in [0, 0.05) is 24.7 Å². The van der Waals surface area contributed by atoms with Gasteiger partial charge in [-0.25, -0.2) is 8.42 Å². The molecule has 0 saturated carbocycles. The zero-order valence-corrected chi connectivity index (χ0v) is 18.1. The maximum absolute atomic E-state index is 13.4. The molecule has 1 saturated heterocycles. The number of anilines is 1. The summed E-state index contributed by atoms with van der Waals surface area (Å²) < 4.78 is 74.0. The minimum absolute atomic E-state index is 0.0132. The maximum Gasteiger partial charge on any atom is 0.416 e. The predicted molar refractivity (Wildman–Crippen MR) is 105 cm³/mol. The summed E-state index contributed by atoms with van der Waals surface area (Å²) in [5.74, 6) is -0.276. The Labute approximate surface area is 177 Å². The molecule has 2 heterocycles. The number of halogens is 3. The molecule has 1 N–H and O–H groups in total. The van der Waals surface area contributed by atoms with Crippen LogP contribution < -0.4 is 5.32 Å². The molecule has 1 amide bonds. The van der Waals surface area contributed by atoms with E-state index in [1.54, 1.807) is 0 Å². The van der Waals surface area contributed by atoms with E-state index in [4.69, 9.17) is 9.26 Å². The maximum atomic E-state index is 13.4. The van der Waals surface area contributed by atoms with Crippen LogP contribution in [0.25, 0.3) is 0 Å². The number of benzene rings is 1. The van der Waals surface area contributed by atoms with Crippen LogP contribution in [0.15, 0.2) is 39.8 Å². The normalized spacial score (nSPS) is 17.4. The predicted octanol–water partition coefficient (Wildman–Crippen LogP) is 3.95. The Morgan fingerprint density at radius 3 is 2.16 bits per heavy atom. The van der Waals surface area contributed by atoms with Gasteiger partial charge in [0.15, 0.2) is 20.4 Å². The lowest BCUT2D eigenvalue weighted by atomic mass is 9.93. The second-order valence-corrected chi connectivity index (χ2v) is 10.7. The first-order valence-electron chi connectivity index (χ1n) is 9.56. The van der Waals surface area contributed by atoms with Crippen molar-refractivity contribution in [3.05, 3.63) is 41.7 Å². The standard InChI is InChI=1S/C20H23F3N2O5S/c1-18(2,3)15-12-16(25-30-15)24-17(26)19(8-10-29-11-9-19)31(27,28)14-6-4-13(5-7-14)20(21,22)23/h4-7,12H,8-11H2,1-3H3,(H,24,25,26). The van der Waals surface area contributed by atoms with E-state index >= 15 is 0 Å². The van der Waals surface area contributed by atoms with E-state index in [1.807, 2.05) is 20.8 Å². The Hall–Kier alpha value is -2.40. The van der Waals surface area contributed by atoms with Gasteiger partial charge in [0.25, 0.3) is 0 Å². The Morgan fingerprint density at radius 2 is 1.68 bits per heavy atom. The molecule has 7 nitrogen and oxygen atoms in total. The average Bonchev–Trinajstić information content (AvgIpc) is 3.17. The third-order valence-electron chi connectivity index (χ3n) is 5.21. The smallest absolute Gasteiger partial charge is 0.381 e. The molecular formula is C20H23F3N2O5S. The minimum atomic E-state index is -4.60. The lowest BCUT2D eigenvalue weighted by Gasteiger charge is -2.34. The number of nitrogens with one attached hydrogen (secondary N) is 1. The van der Waals surface area contributed by atoms with Crippen molar-refractivity contribution in [3.8, 4) is 0 Å². The van der Waals surface area contributed by atoms with Crippen LogP contribution in [0, 0.1) is 0 Å². The number of hydrogen-bond donors (Lipinski definition) is 1. The summed E-state index contributed by atoms with van der Waals surface area (Å²) in [7, 11) is -4.34. The molecule has 0 spiro atoms. The van der Waals surface area contributed by atoms with E-state index in [0.29, 0.717) is 17.9 Å². The number of ether oxygens (including phenoxy) is 1. The Kier molecular flexibility index (Phi) is 5.96. The van der Waals surface area contributed by atoms with Crippen molar-refractivity contribution in [1.82, 2.24) is 5.16 Å². The van der Waals surface area contributed by atoms with Gasteiger partial charge >= 0.3 is 6.18 Å². The fraction of sp³-hybridized carbons (Fsp3) is 0.500. The third-order valence-corrected chi connectivity index (χ3v) is 7.73. The number of carbonyl (C=O) groups excluding carboxylic acids is 1. The van der Waals surface area contributed by atoms with Crippen LogP contribution in [-0.4, -0.2) is 37.4 Å². The third kappa shape index (κ3) is 4.47. The summed E-state index contributed by atoms with van der Waals surface area (Å²) in [6, 6.07) is 4.62. The molecule has 0 unspecified atom stereocenters. The number of nitrogens with zero attached hydrogens (tertiary/aromatic N) is 1. The second kappa shape index (κ2) is 7.94. The first-order valence-corrected chi connectivity index (χ1v) is 11.0. The molecule has 3 rings (SSSR count). The van der Waals surface area contributed by atoms with E-state index in [0.717, 1.165) is 12.1 Å². The fourth-order valence-corrected chi connectivity index (χ4v) is 5.23. The van der Waals surface area contributed by atoms with E-state index in [1.165, 1.54) is 6.07 Å². The molecule has 0 radical (unpaired) electrons. The zero-order chi connectivity index (χ0) is 23.1. The highest BCUT2D eigenvalue weighted by atomic mass is 32.2. The van der Waals surface area contributed by atoms with Crippen LogP contribution in [0.2, 0.25) is 0 Å². The molecule has 0 atom stereocenters. The highest BCUT2D eigenvalue weighted by Crippen LogP contribution is 2.38. The summed E-state index contributed by atoms with van der Waals surface area (Å²) in [5.41, 5.74) is -1.35. The van der Waals surface area contributed by atoms with Gasteiger partial charge in [-0.3, -0.25) is 4.79 Å². The van der Waals surface area contributed by atoms with E-state index < -0.39 is 32.2 Å². The molecule has 170 valence electrons. The molecule has 1 aliphatic rings. The Morgan fingerprint density at radius 1 is 1.10 bits per heavy atom. The van der Waals surface area contributed by atoms with Crippen molar-refractivity contribution in [2.75, 3.05) is 18.5 Å². The van der Waals surface area contributed by atoms with Gasteiger partial charge in [0.05, 0.1) is 10.5 Å². The highest BCUT2D eigenvalue weighted by Gasteiger charge is 2.52. The van der Waals surface area contributed by atoms with Crippen molar-refractivity contribution in [3.63, 3.8) is 0 Å². The first kappa shape index (κ1) is 23.3. The van der Waals surface area contributed by atoms with Crippen LogP contribution >= 0.6 is 0 Å². The summed E-state index contributed by atoms with van der Waals surface area (Å²) in [5, 5.41) is 6.28. The van der Waals surface area contributed by atoms with Gasteiger partial charge < -0.3 is 14.6 Å². The van der Waals surface area contributed by atoms with Crippen molar-refractivity contribution >= 4 is 21.6 Å². The van der Waals surface area contributed by atoms with Crippen LogP contribution in [0.5, 0.6) is 0 Å². The lowest BCUT2D eigenvalue weighted by Crippen LogP contribution is -2.53. The topological polar surface area (TPSA) is 98.5 Å². The molecule has 0 aliphatic carbocycles. The molecule has 0 bridgehead atoms. The van der Waals surface area contributed by atoms with Crippen LogP contribution in [0.1, 0.15) is 44.9 Å². The number of hydrogen-bond acceptors (Lipinski definition) is 6.